The molecule has 0 fully saturated rings. The van der Waals surface area contributed by atoms with Gasteiger partial charge in [0.25, 0.3) is 0 Å². The van der Waals surface area contributed by atoms with Crippen LogP contribution in [0.4, 0.5) is 22.0 Å². The van der Waals surface area contributed by atoms with E-state index in [0.717, 1.165) is 30.4 Å². The zero-order valence-corrected chi connectivity index (χ0v) is 17.5. The van der Waals surface area contributed by atoms with Crippen molar-refractivity contribution in [2.24, 2.45) is 0 Å². The molecule has 7 heteroatoms. The normalized spacial score (nSPS) is 11.3. The van der Waals surface area contributed by atoms with Crippen molar-refractivity contribution in [2.75, 3.05) is 0 Å². The highest BCUT2D eigenvalue weighted by molar-refractivity contribution is 5.88. The molecule has 0 saturated heterocycles. The number of alkyl halides is 3. The average molecular weight is 452 g/mol. The molecule has 4 rings (SSSR count). The van der Waals surface area contributed by atoms with Crippen molar-refractivity contribution in [2.45, 2.75) is 25.9 Å². The van der Waals surface area contributed by atoms with Crippen LogP contribution >= 0.6 is 0 Å². The number of aromatic nitrogens is 2. The fourth-order valence-electron chi connectivity index (χ4n) is 3.39. The lowest BCUT2D eigenvalue weighted by atomic mass is 10.0. The highest BCUT2D eigenvalue weighted by Crippen LogP contribution is 2.28. The number of benzene rings is 3. The molecule has 0 aliphatic heterocycles. The first kappa shape index (κ1) is 22.4. The molecule has 0 bridgehead atoms. The Morgan fingerprint density at radius 2 is 1.52 bits per heavy atom. The summed E-state index contributed by atoms with van der Waals surface area (Å²) >= 11 is 0. The summed E-state index contributed by atoms with van der Waals surface area (Å²) in [5.41, 5.74) is 2.97. The van der Waals surface area contributed by atoms with Crippen LogP contribution < -0.4 is 0 Å². The molecule has 2 nitrogen and oxygen atoms in total. The van der Waals surface area contributed by atoms with Gasteiger partial charge < -0.3 is 0 Å². The van der Waals surface area contributed by atoms with E-state index in [1.807, 2.05) is 6.92 Å². The monoisotopic (exact) mass is 452 g/mol. The molecule has 0 aliphatic rings. The zero-order valence-electron chi connectivity index (χ0n) is 17.5. The van der Waals surface area contributed by atoms with E-state index in [4.69, 9.17) is 0 Å². The topological polar surface area (TPSA) is 25.8 Å². The lowest BCUT2D eigenvalue weighted by Crippen LogP contribution is -2.02. The molecule has 0 atom stereocenters. The molecule has 4 aromatic rings. The number of hydrogen-bond donors (Lipinski definition) is 0. The van der Waals surface area contributed by atoms with Gasteiger partial charge in [0.1, 0.15) is 11.6 Å². The second-order valence-corrected chi connectivity index (χ2v) is 7.63. The van der Waals surface area contributed by atoms with E-state index >= 15 is 0 Å². The number of halogens is 5. The van der Waals surface area contributed by atoms with E-state index in [1.54, 1.807) is 18.3 Å². The molecule has 33 heavy (non-hydrogen) atoms. The van der Waals surface area contributed by atoms with E-state index in [0.29, 0.717) is 11.4 Å². The molecule has 1 aromatic heterocycles. The molecule has 1 heterocycles. The smallest absolute Gasteiger partial charge is 0.236 e. The predicted octanol–water partition coefficient (Wildman–Crippen LogP) is 6.58. The van der Waals surface area contributed by atoms with Crippen molar-refractivity contribution in [3.05, 3.63) is 94.8 Å². The van der Waals surface area contributed by atoms with Gasteiger partial charge in [0.05, 0.1) is 5.56 Å². The Hall–Kier alpha value is -3.79. The van der Waals surface area contributed by atoms with Gasteiger partial charge in [-0.3, -0.25) is 0 Å². The molecule has 0 saturated carbocycles. The second-order valence-electron chi connectivity index (χ2n) is 7.63. The van der Waals surface area contributed by atoms with E-state index < -0.39 is 23.4 Å². The molecule has 0 radical (unpaired) electrons. The van der Waals surface area contributed by atoms with E-state index in [9.17, 15) is 22.0 Å². The summed E-state index contributed by atoms with van der Waals surface area (Å²) in [7, 11) is 0. The summed E-state index contributed by atoms with van der Waals surface area (Å²) in [6.07, 6.45) is 0.174. The van der Waals surface area contributed by atoms with Crippen molar-refractivity contribution in [1.29, 1.82) is 0 Å². The molecule has 0 N–H and O–H groups in total. The molecule has 3 aromatic carbocycles. The third-order valence-electron chi connectivity index (χ3n) is 5.14. The molecular weight excluding hydrogens is 435 g/mol. The van der Waals surface area contributed by atoms with Crippen LogP contribution in [0.5, 0.6) is 0 Å². The van der Waals surface area contributed by atoms with Crippen LogP contribution in [-0.4, -0.2) is 16.1 Å². The van der Waals surface area contributed by atoms with Crippen molar-refractivity contribution in [1.82, 2.24) is 9.97 Å². The first-order chi connectivity index (χ1) is 15.7. The summed E-state index contributed by atoms with van der Waals surface area (Å²) < 4.78 is 65.8. The molecule has 166 valence electrons. The summed E-state index contributed by atoms with van der Waals surface area (Å²) in [6, 6.07) is 13.6. The first-order valence-electron chi connectivity index (χ1n) is 10.1. The van der Waals surface area contributed by atoms with Crippen LogP contribution in [-0.2, 0) is 12.8 Å². The molecule has 0 aliphatic carbocycles. The Labute approximate surface area is 187 Å². The maximum Gasteiger partial charge on any atom is 0.458 e. The number of fused-ring (bicyclic) bond motifs is 1. The van der Waals surface area contributed by atoms with Crippen LogP contribution in [0.3, 0.4) is 0 Å². The Morgan fingerprint density at radius 3 is 2.18 bits per heavy atom. The lowest BCUT2D eigenvalue weighted by Gasteiger charge is -2.07. The first-order valence-corrected chi connectivity index (χ1v) is 10.1. The Morgan fingerprint density at radius 1 is 0.848 bits per heavy atom. The van der Waals surface area contributed by atoms with Gasteiger partial charge >= 0.3 is 6.18 Å². The van der Waals surface area contributed by atoms with Gasteiger partial charge in [-0.1, -0.05) is 47.9 Å². The summed E-state index contributed by atoms with van der Waals surface area (Å²) in [4.78, 5) is 8.71. The molecule has 0 amide bonds. The Kier molecular flexibility index (Phi) is 6.10. The largest absolute Gasteiger partial charge is 0.458 e. The van der Waals surface area contributed by atoms with Crippen LogP contribution in [0.25, 0.3) is 22.2 Å². The van der Waals surface area contributed by atoms with Crippen LogP contribution in [0.1, 0.15) is 22.3 Å². The highest BCUT2D eigenvalue weighted by Gasteiger charge is 2.24. The number of hydrogen-bond acceptors (Lipinski definition) is 2. The Bertz CT molecular complexity index is 1360. The van der Waals surface area contributed by atoms with Gasteiger partial charge in [-0.25, -0.2) is 18.7 Å². The maximum atomic E-state index is 14.6. The molecule has 0 spiro atoms. The van der Waals surface area contributed by atoms with Gasteiger partial charge in [0.15, 0.2) is 5.82 Å². The average Bonchev–Trinajstić information content (AvgIpc) is 2.78. The number of rotatable bonds is 4. The lowest BCUT2D eigenvalue weighted by molar-refractivity contribution is -0.0696. The summed E-state index contributed by atoms with van der Waals surface area (Å²) in [5.74, 6) is 0.512. The van der Waals surface area contributed by atoms with Gasteiger partial charge in [-0.2, -0.15) is 13.2 Å². The second kappa shape index (κ2) is 8.99. The third kappa shape index (κ3) is 5.35. The molecule has 0 unspecified atom stereocenters. The van der Waals surface area contributed by atoms with Crippen molar-refractivity contribution < 1.29 is 22.0 Å². The van der Waals surface area contributed by atoms with Crippen LogP contribution in [0.2, 0.25) is 0 Å². The van der Waals surface area contributed by atoms with Gasteiger partial charge in [0, 0.05) is 29.3 Å². The standard InChI is InChI=1S/C26H17F5N2/c1-16-2-4-17(5-3-16)6-7-18-14-32-25(33-15-18)19-8-9-21-20(12-19)13-23(27)22(24(21)28)10-11-26(29,30)31/h2-5,8-9,12-15H,6-7H2,1H3. The van der Waals surface area contributed by atoms with Crippen LogP contribution in [0.15, 0.2) is 60.9 Å². The summed E-state index contributed by atoms with van der Waals surface area (Å²) in [5, 5.41) is 0.133. The van der Waals surface area contributed by atoms with Crippen molar-refractivity contribution in [3.8, 4) is 23.2 Å². The minimum atomic E-state index is -4.85. The van der Waals surface area contributed by atoms with E-state index in [-0.39, 0.29) is 10.8 Å². The number of nitrogens with zero attached hydrogens (tertiary/aromatic N) is 2. The predicted molar refractivity (Wildman–Crippen MR) is 116 cm³/mol. The summed E-state index contributed by atoms with van der Waals surface area (Å²) in [6.45, 7) is 2.03. The fraction of sp³-hybridized carbons (Fsp3) is 0.154. The van der Waals surface area contributed by atoms with Gasteiger partial charge in [0.2, 0.25) is 0 Å². The third-order valence-corrected chi connectivity index (χ3v) is 5.14. The SMILES string of the molecule is Cc1ccc(CCc2cnc(-c3ccc4c(F)c(C#CC(F)(F)F)c(F)cc4c3)nc2)cc1. The molecular formula is C26H17F5N2. The van der Waals surface area contributed by atoms with E-state index in [2.05, 4.69) is 34.2 Å². The highest BCUT2D eigenvalue weighted by atomic mass is 19.4. The van der Waals surface area contributed by atoms with Crippen molar-refractivity contribution >= 4 is 10.8 Å². The minimum absolute atomic E-state index is 0.0404. The van der Waals surface area contributed by atoms with E-state index in [1.165, 1.54) is 29.3 Å². The quantitative estimate of drug-likeness (QED) is 0.258. The number of aryl methyl sites for hydroxylation is 3. The van der Waals surface area contributed by atoms with Gasteiger partial charge in [-0.15, -0.1) is 0 Å². The minimum Gasteiger partial charge on any atom is -0.236 e. The van der Waals surface area contributed by atoms with Crippen molar-refractivity contribution in [3.63, 3.8) is 0 Å². The maximum absolute atomic E-state index is 14.6. The zero-order chi connectivity index (χ0) is 23.6. The van der Waals surface area contributed by atoms with Crippen LogP contribution in [0, 0.1) is 30.4 Å². The fourth-order valence-corrected chi connectivity index (χ4v) is 3.39. The van der Waals surface area contributed by atoms with Gasteiger partial charge in [-0.05, 0) is 48.4 Å². The Balaban J connectivity index is 1.57.